The van der Waals surface area contributed by atoms with Crippen molar-refractivity contribution in [3.8, 4) is 33.6 Å². The van der Waals surface area contributed by atoms with Crippen molar-refractivity contribution in [1.29, 1.82) is 0 Å². The molecule has 0 radical (unpaired) electrons. The van der Waals surface area contributed by atoms with Crippen LogP contribution in [0.1, 0.15) is 31.1 Å². The van der Waals surface area contributed by atoms with Crippen LogP contribution in [0.25, 0.3) is 44.5 Å². The number of primary amides is 1. The van der Waals surface area contributed by atoms with Crippen LogP contribution in [0.2, 0.25) is 0 Å². The van der Waals surface area contributed by atoms with E-state index in [1.54, 1.807) is 72.8 Å². The van der Waals surface area contributed by atoms with Gasteiger partial charge in [-0.3, -0.25) is 9.59 Å². The third-order valence-corrected chi connectivity index (χ3v) is 6.49. The molecule has 4 aromatic carbocycles. The van der Waals surface area contributed by atoms with E-state index >= 15 is 0 Å². The predicted octanol–water partition coefficient (Wildman–Crippen LogP) is 5.82. The van der Waals surface area contributed by atoms with Gasteiger partial charge in [0.15, 0.2) is 0 Å². The molecule has 8 heteroatoms. The predicted molar refractivity (Wildman–Crippen MR) is 146 cm³/mol. The molecular weight excluding hydrogens is 499 g/mol. The van der Waals surface area contributed by atoms with Gasteiger partial charge in [0.25, 0.3) is 5.91 Å². The molecule has 7 nitrogen and oxygen atoms in total. The lowest BCUT2D eigenvalue weighted by atomic mass is 9.91. The van der Waals surface area contributed by atoms with Gasteiger partial charge in [-0.15, -0.1) is 0 Å². The molecule has 1 heterocycles. The summed E-state index contributed by atoms with van der Waals surface area (Å²) in [4.78, 5) is 37.8. The maximum absolute atomic E-state index is 13.5. The second-order valence-corrected chi connectivity index (χ2v) is 8.76. The minimum atomic E-state index is -0.616. The maximum Gasteiger partial charge on any atom is 0.338 e. The van der Waals surface area contributed by atoms with Gasteiger partial charge in [-0.25, -0.2) is 9.18 Å². The molecule has 0 saturated carbocycles. The van der Waals surface area contributed by atoms with E-state index in [-0.39, 0.29) is 17.0 Å². The number of hydrogen-bond acceptors (Lipinski definition) is 5. The first kappa shape index (κ1) is 25.4. The van der Waals surface area contributed by atoms with Crippen molar-refractivity contribution in [3.63, 3.8) is 0 Å². The highest BCUT2D eigenvalue weighted by Gasteiger charge is 2.23. The first-order valence-corrected chi connectivity index (χ1v) is 12.0. The molecule has 0 aliphatic carbocycles. The van der Waals surface area contributed by atoms with Crippen molar-refractivity contribution in [2.24, 2.45) is 5.73 Å². The lowest BCUT2D eigenvalue weighted by Crippen LogP contribution is -2.18. The molecule has 5 aromatic rings. The van der Waals surface area contributed by atoms with Crippen LogP contribution < -0.4 is 11.1 Å². The molecule has 1 aromatic heterocycles. The summed E-state index contributed by atoms with van der Waals surface area (Å²) in [5.74, 6) is -1.65. The first-order valence-electron chi connectivity index (χ1n) is 12.0. The van der Waals surface area contributed by atoms with Crippen molar-refractivity contribution in [2.75, 3.05) is 14.2 Å². The van der Waals surface area contributed by atoms with E-state index in [1.165, 1.54) is 26.3 Å². The minimum absolute atomic E-state index is 0.245. The Morgan fingerprint density at radius 2 is 1.46 bits per heavy atom. The van der Waals surface area contributed by atoms with Crippen LogP contribution in [0, 0.1) is 5.82 Å². The van der Waals surface area contributed by atoms with Crippen LogP contribution in [0.4, 0.5) is 4.39 Å². The fourth-order valence-electron chi connectivity index (χ4n) is 4.60. The van der Waals surface area contributed by atoms with Crippen molar-refractivity contribution < 1.29 is 27.9 Å². The molecule has 39 heavy (non-hydrogen) atoms. The van der Waals surface area contributed by atoms with E-state index in [4.69, 9.17) is 14.9 Å². The summed E-state index contributed by atoms with van der Waals surface area (Å²) in [6.45, 7) is 0. The van der Waals surface area contributed by atoms with Gasteiger partial charge in [-0.2, -0.15) is 0 Å². The van der Waals surface area contributed by atoms with Gasteiger partial charge in [-0.1, -0.05) is 36.4 Å². The SMILES string of the molecule is CNC(=O)c1c(-c2ccc(F)cc2)oc2ccc(-c3ccc(-c4ccccc4C(N)=O)c(C(=O)OC)c3)cc12. The zero-order valence-corrected chi connectivity index (χ0v) is 21.1. The Morgan fingerprint density at radius 1 is 0.821 bits per heavy atom. The molecule has 0 fully saturated rings. The summed E-state index contributed by atoms with van der Waals surface area (Å²) >= 11 is 0. The van der Waals surface area contributed by atoms with Gasteiger partial charge in [0.1, 0.15) is 17.2 Å². The number of esters is 1. The molecule has 0 aliphatic rings. The third-order valence-electron chi connectivity index (χ3n) is 6.49. The van der Waals surface area contributed by atoms with Crippen molar-refractivity contribution in [3.05, 3.63) is 107 Å². The van der Waals surface area contributed by atoms with E-state index in [2.05, 4.69) is 5.32 Å². The Bertz CT molecular complexity index is 1760. The minimum Gasteiger partial charge on any atom is -0.465 e. The highest BCUT2D eigenvalue weighted by molar-refractivity contribution is 6.12. The number of rotatable bonds is 6. The number of nitrogens with one attached hydrogen (secondary N) is 1. The number of ether oxygens (including phenoxy) is 1. The summed E-state index contributed by atoms with van der Waals surface area (Å²) < 4.78 is 24.6. The monoisotopic (exact) mass is 522 g/mol. The number of nitrogens with two attached hydrogens (primary N) is 1. The largest absolute Gasteiger partial charge is 0.465 e. The number of halogens is 1. The lowest BCUT2D eigenvalue weighted by molar-refractivity contribution is 0.0601. The van der Waals surface area contributed by atoms with Gasteiger partial charge in [-0.05, 0) is 70.8 Å². The number of fused-ring (bicyclic) bond motifs is 1. The van der Waals surface area contributed by atoms with Gasteiger partial charge in [0, 0.05) is 23.6 Å². The first-order chi connectivity index (χ1) is 18.8. The van der Waals surface area contributed by atoms with Crippen molar-refractivity contribution in [1.82, 2.24) is 5.32 Å². The molecule has 3 N–H and O–H groups in total. The van der Waals surface area contributed by atoms with Crippen LogP contribution >= 0.6 is 0 Å². The Kier molecular flexibility index (Phi) is 6.68. The molecule has 0 bridgehead atoms. The average molecular weight is 523 g/mol. The van der Waals surface area contributed by atoms with Gasteiger partial charge in [0.2, 0.25) is 5.91 Å². The third kappa shape index (κ3) is 4.64. The summed E-state index contributed by atoms with van der Waals surface area (Å²) in [6.07, 6.45) is 0. The van der Waals surface area contributed by atoms with Crippen molar-refractivity contribution >= 4 is 28.8 Å². The fraction of sp³-hybridized carbons (Fsp3) is 0.0645. The zero-order valence-electron chi connectivity index (χ0n) is 21.1. The quantitative estimate of drug-likeness (QED) is 0.273. The van der Waals surface area contributed by atoms with Crippen LogP contribution in [-0.4, -0.2) is 31.9 Å². The number of furan rings is 1. The van der Waals surface area contributed by atoms with E-state index in [9.17, 15) is 18.8 Å². The number of amides is 2. The topological polar surface area (TPSA) is 112 Å². The molecule has 5 rings (SSSR count). The fourth-order valence-corrected chi connectivity index (χ4v) is 4.60. The van der Waals surface area contributed by atoms with E-state index in [1.807, 2.05) is 0 Å². The van der Waals surface area contributed by atoms with E-state index < -0.39 is 17.7 Å². The Balaban J connectivity index is 1.68. The Labute approximate surface area is 223 Å². The number of carbonyl (C=O) groups excluding carboxylic acids is 3. The summed E-state index contributed by atoms with van der Waals surface area (Å²) in [6, 6.07) is 23.0. The molecule has 0 saturated heterocycles. The zero-order chi connectivity index (χ0) is 27.7. The lowest BCUT2D eigenvalue weighted by Gasteiger charge is -2.13. The summed E-state index contributed by atoms with van der Waals surface area (Å²) in [5.41, 5.74) is 9.80. The molecule has 194 valence electrons. The van der Waals surface area contributed by atoms with Gasteiger partial charge < -0.3 is 20.2 Å². The maximum atomic E-state index is 13.5. The molecule has 0 unspecified atom stereocenters. The van der Waals surface area contributed by atoms with Crippen LogP contribution in [0.3, 0.4) is 0 Å². The average Bonchev–Trinajstić information content (AvgIpc) is 3.35. The molecule has 0 aliphatic heterocycles. The summed E-state index contributed by atoms with van der Waals surface area (Å²) in [7, 11) is 2.80. The number of benzene rings is 4. The number of hydrogen-bond donors (Lipinski definition) is 2. The molecule has 0 spiro atoms. The van der Waals surface area contributed by atoms with E-state index in [0.717, 1.165) is 0 Å². The Morgan fingerprint density at radius 3 is 2.15 bits per heavy atom. The van der Waals surface area contributed by atoms with Gasteiger partial charge >= 0.3 is 5.97 Å². The molecule has 2 amide bonds. The second kappa shape index (κ2) is 10.3. The van der Waals surface area contributed by atoms with Crippen LogP contribution in [0.5, 0.6) is 0 Å². The number of methoxy groups -OCH3 is 1. The second-order valence-electron chi connectivity index (χ2n) is 8.76. The molecular formula is C31H23FN2O5. The van der Waals surface area contributed by atoms with Crippen molar-refractivity contribution in [2.45, 2.75) is 0 Å². The van der Waals surface area contributed by atoms with Crippen LogP contribution in [-0.2, 0) is 4.74 Å². The highest BCUT2D eigenvalue weighted by Crippen LogP contribution is 2.37. The van der Waals surface area contributed by atoms with Crippen LogP contribution in [0.15, 0.2) is 89.3 Å². The Hall–Kier alpha value is -5.24. The van der Waals surface area contributed by atoms with Gasteiger partial charge in [0.05, 0.1) is 18.2 Å². The smallest absolute Gasteiger partial charge is 0.338 e. The highest BCUT2D eigenvalue weighted by atomic mass is 19.1. The standard InChI is InChI=1S/C31H23FN2O5/c1-34-30(36)27-25-16-19(10-14-26(25)39-28(27)17-7-11-20(32)12-8-17)18-9-13-22(24(15-18)31(37)38-2)21-5-3-4-6-23(21)29(33)35/h3-16H,1-2H3,(H2,33,35)(H,34,36). The molecule has 0 atom stereocenters. The number of carbonyl (C=O) groups is 3. The normalized spacial score (nSPS) is 10.8. The summed E-state index contributed by atoms with van der Waals surface area (Å²) in [5, 5.41) is 3.19. The van der Waals surface area contributed by atoms with E-state index in [0.29, 0.717) is 50.1 Å².